The highest BCUT2D eigenvalue weighted by molar-refractivity contribution is 6.35. The minimum Gasteiger partial charge on any atom is -0.481 e. The third-order valence-corrected chi connectivity index (χ3v) is 3.49. The second-order valence-electron chi connectivity index (χ2n) is 4.55. The lowest BCUT2D eigenvalue weighted by Crippen LogP contribution is -2.25. The van der Waals surface area contributed by atoms with Crippen molar-refractivity contribution in [2.75, 3.05) is 6.54 Å². The number of rotatable bonds is 6. The molecule has 1 rings (SSSR count). The van der Waals surface area contributed by atoms with Gasteiger partial charge in [0, 0.05) is 16.6 Å². The van der Waals surface area contributed by atoms with Crippen LogP contribution in [0, 0.1) is 11.8 Å². The van der Waals surface area contributed by atoms with E-state index in [1.807, 2.05) is 13.0 Å². The fourth-order valence-corrected chi connectivity index (χ4v) is 2.42. The highest BCUT2D eigenvalue weighted by Crippen LogP contribution is 2.25. The average Bonchev–Trinajstić information content (AvgIpc) is 2.29. The van der Waals surface area contributed by atoms with Crippen molar-refractivity contribution in [3.63, 3.8) is 0 Å². The van der Waals surface area contributed by atoms with Crippen LogP contribution in [-0.2, 0) is 11.2 Å². The van der Waals surface area contributed by atoms with Gasteiger partial charge in [-0.15, -0.1) is 0 Å². The van der Waals surface area contributed by atoms with Crippen LogP contribution >= 0.6 is 23.2 Å². The van der Waals surface area contributed by atoms with Gasteiger partial charge in [-0.3, -0.25) is 4.79 Å². The topological polar surface area (TPSA) is 63.3 Å². The zero-order chi connectivity index (χ0) is 13.7. The van der Waals surface area contributed by atoms with Gasteiger partial charge in [-0.2, -0.15) is 0 Å². The minimum atomic E-state index is -0.841. The van der Waals surface area contributed by atoms with Crippen LogP contribution in [0.25, 0.3) is 0 Å². The zero-order valence-corrected chi connectivity index (χ0v) is 11.7. The maximum Gasteiger partial charge on any atom is 0.307 e. The number of hydrogen-bond donors (Lipinski definition) is 2. The molecule has 100 valence electrons. The Hall–Kier alpha value is -0.770. The number of carboxylic acid groups (broad SMARTS) is 1. The average molecular weight is 290 g/mol. The SMILES string of the molecule is CC(Cc1ccc(Cl)cc1Cl)CC(CN)C(=O)O. The summed E-state index contributed by atoms with van der Waals surface area (Å²) in [4.78, 5) is 10.9. The second-order valence-corrected chi connectivity index (χ2v) is 5.40. The fourth-order valence-electron chi connectivity index (χ4n) is 1.93. The lowest BCUT2D eigenvalue weighted by atomic mass is 9.91. The number of aliphatic carboxylic acids is 1. The van der Waals surface area contributed by atoms with Crippen molar-refractivity contribution in [1.29, 1.82) is 0 Å². The number of halogens is 2. The van der Waals surface area contributed by atoms with Crippen molar-refractivity contribution < 1.29 is 9.90 Å². The van der Waals surface area contributed by atoms with Gasteiger partial charge in [0.1, 0.15) is 0 Å². The van der Waals surface area contributed by atoms with Gasteiger partial charge >= 0.3 is 5.97 Å². The van der Waals surface area contributed by atoms with Crippen molar-refractivity contribution in [3.8, 4) is 0 Å². The Morgan fingerprint density at radius 2 is 2.11 bits per heavy atom. The van der Waals surface area contributed by atoms with Crippen LogP contribution < -0.4 is 5.73 Å². The van der Waals surface area contributed by atoms with E-state index in [0.29, 0.717) is 16.5 Å². The zero-order valence-electron chi connectivity index (χ0n) is 10.2. The molecule has 0 saturated carbocycles. The maximum absolute atomic E-state index is 10.9. The summed E-state index contributed by atoms with van der Waals surface area (Å²) in [5.74, 6) is -1.13. The molecule has 0 fully saturated rings. The number of benzene rings is 1. The van der Waals surface area contributed by atoms with Gasteiger partial charge in [-0.1, -0.05) is 36.2 Å². The van der Waals surface area contributed by atoms with E-state index in [4.69, 9.17) is 34.0 Å². The third-order valence-electron chi connectivity index (χ3n) is 2.90. The molecular formula is C13H17Cl2NO2. The van der Waals surface area contributed by atoms with Gasteiger partial charge in [0.25, 0.3) is 0 Å². The lowest BCUT2D eigenvalue weighted by Gasteiger charge is -2.16. The quantitative estimate of drug-likeness (QED) is 0.845. The largest absolute Gasteiger partial charge is 0.481 e. The standard InChI is InChI=1S/C13H17Cl2NO2/c1-8(5-10(7-16)13(17)18)4-9-2-3-11(14)6-12(9)15/h2-3,6,8,10H,4-5,7,16H2,1H3,(H,17,18). The molecule has 5 heteroatoms. The third kappa shape index (κ3) is 4.48. The molecule has 18 heavy (non-hydrogen) atoms. The van der Waals surface area contributed by atoms with Crippen LogP contribution in [0.4, 0.5) is 0 Å². The Labute approximate surface area is 117 Å². The normalized spacial score (nSPS) is 14.2. The van der Waals surface area contributed by atoms with E-state index < -0.39 is 11.9 Å². The smallest absolute Gasteiger partial charge is 0.307 e. The van der Waals surface area contributed by atoms with E-state index in [1.165, 1.54) is 0 Å². The van der Waals surface area contributed by atoms with Crippen molar-refractivity contribution in [2.45, 2.75) is 19.8 Å². The summed E-state index contributed by atoms with van der Waals surface area (Å²) in [7, 11) is 0. The van der Waals surface area contributed by atoms with Crippen molar-refractivity contribution in [3.05, 3.63) is 33.8 Å². The molecule has 0 aromatic heterocycles. The van der Waals surface area contributed by atoms with Crippen molar-refractivity contribution >= 4 is 29.2 Å². The predicted octanol–water partition coefficient (Wildman–Crippen LogP) is 3.22. The van der Waals surface area contributed by atoms with E-state index in [0.717, 1.165) is 12.0 Å². The first-order chi connectivity index (χ1) is 8.43. The molecule has 0 aliphatic carbocycles. The van der Waals surface area contributed by atoms with Gasteiger partial charge in [-0.05, 0) is 36.5 Å². The predicted molar refractivity (Wildman–Crippen MR) is 74.1 cm³/mol. The molecule has 0 bridgehead atoms. The highest BCUT2D eigenvalue weighted by atomic mass is 35.5. The summed E-state index contributed by atoms with van der Waals surface area (Å²) < 4.78 is 0. The molecule has 2 atom stereocenters. The Morgan fingerprint density at radius 3 is 2.61 bits per heavy atom. The number of nitrogens with two attached hydrogens (primary N) is 1. The summed E-state index contributed by atoms with van der Waals surface area (Å²) in [6.45, 7) is 2.16. The van der Waals surface area contributed by atoms with Gasteiger partial charge in [0.15, 0.2) is 0 Å². The first-order valence-corrected chi connectivity index (χ1v) is 6.56. The van der Waals surface area contributed by atoms with Crippen LogP contribution in [-0.4, -0.2) is 17.6 Å². The maximum atomic E-state index is 10.9. The van der Waals surface area contributed by atoms with Crippen molar-refractivity contribution in [2.24, 2.45) is 17.6 Å². The van der Waals surface area contributed by atoms with Crippen LogP contribution in [0.3, 0.4) is 0 Å². The first-order valence-electron chi connectivity index (χ1n) is 5.80. The minimum absolute atomic E-state index is 0.161. The van der Waals surface area contributed by atoms with Gasteiger partial charge in [-0.25, -0.2) is 0 Å². The van der Waals surface area contributed by atoms with Gasteiger partial charge in [0.05, 0.1) is 5.92 Å². The highest BCUT2D eigenvalue weighted by Gasteiger charge is 2.19. The summed E-state index contributed by atoms with van der Waals surface area (Å²) >= 11 is 11.9. The molecule has 0 heterocycles. The lowest BCUT2D eigenvalue weighted by molar-refractivity contribution is -0.141. The Balaban J connectivity index is 2.64. The first kappa shape index (κ1) is 15.3. The van der Waals surface area contributed by atoms with Crippen LogP contribution in [0.1, 0.15) is 18.9 Å². The fraction of sp³-hybridized carbons (Fsp3) is 0.462. The van der Waals surface area contributed by atoms with Gasteiger partial charge < -0.3 is 10.8 Å². The Bertz CT molecular complexity index is 423. The van der Waals surface area contributed by atoms with E-state index in [9.17, 15) is 4.79 Å². The molecule has 0 radical (unpaired) electrons. The Morgan fingerprint density at radius 1 is 1.44 bits per heavy atom. The van der Waals surface area contributed by atoms with Crippen LogP contribution in [0.5, 0.6) is 0 Å². The van der Waals surface area contributed by atoms with Gasteiger partial charge in [0.2, 0.25) is 0 Å². The number of carboxylic acids is 1. The molecule has 0 spiro atoms. The molecule has 0 amide bonds. The second kappa shape index (κ2) is 6.98. The van der Waals surface area contributed by atoms with Crippen molar-refractivity contribution in [1.82, 2.24) is 0 Å². The van der Waals surface area contributed by atoms with E-state index in [1.54, 1.807) is 12.1 Å². The molecule has 1 aromatic carbocycles. The summed E-state index contributed by atoms with van der Waals surface area (Å²) in [5, 5.41) is 10.2. The summed E-state index contributed by atoms with van der Waals surface area (Å²) in [6, 6.07) is 5.36. The van der Waals surface area contributed by atoms with Crippen LogP contribution in [0.2, 0.25) is 10.0 Å². The molecule has 3 nitrogen and oxygen atoms in total. The number of carbonyl (C=O) groups is 1. The monoisotopic (exact) mass is 289 g/mol. The molecule has 2 unspecified atom stereocenters. The molecule has 0 aliphatic rings. The summed E-state index contributed by atoms with van der Waals surface area (Å²) in [6.07, 6.45) is 1.27. The molecule has 0 saturated heterocycles. The van der Waals surface area contributed by atoms with E-state index in [2.05, 4.69) is 0 Å². The molecule has 1 aromatic rings. The number of hydrogen-bond acceptors (Lipinski definition) is 2. The molecule has 0 aliphatic heterocycles. The summed E-state index contributed by atoms with van der Waals surface area (Å²) in [5.41, 5.74) is 6.42. The Kier molecular flexibility index (Phi) is 5.93. The molecule has 3 N–H and O–H groups in total. The van der Waals surface area contributed by atoms with E-state index in [-0.39, 0.29) is 12.5 Å². The van der Waals surface area contributed by atoms with Crippen LogP contribution in [0.15, 0.2) is 18.2 Å². The van der Waals surface area contributed by atoms with E-state index >= 15 is 0 Å². The molecular weight excluding hydrogens is 273 g/mol.